The molecule has 0 N–H and O–H groups in total. The first-order valence-corrected chi connectivity index (χ1v) is 12.2. The van der Waals surface area contributed by atoms with Crippen LogP contribution in [0.5, 0.6) is 0 Å². The predicted molar refractivity (Wildman–Crippen MR) is 130 cm³/mol. The van der Waals surface area contributed by atoms with E-state index in [1.54, 1.807) is 12.1 Å². The zero-order valence-electron chi connectivity index (χ0n) is 17.9. The molecule has 6 heteroatoms. The van der Waals surface area contributed by atoms with Crippen molar-refractivity contribution in [3.8, 4) is 0 Å². The van der Waals surface area contributed by atoms with E-state index in [0.29, 0.717) is 5.69 Å². The van der Waals surface area contributed by atoms with Gasteiger partial charge in [-0.3, -0.25) is 0 Å². The second kappa shape index (κ2) is 8.17. The smallest absolute Gasteiger partial charge is 0.146 e. The van der Waals surface area contributed by atoms with Gasteiger partial charge >= 0.3 is 0 Å². The zero-order chi connectivity index (χ0) is 21.5. The van der Waals surface area contributed by atoms with Gasteiger partial charge in [-0.2, -0.15) is 0 Å². The van der Waals surface area contributed by atoms with Gasteiger partial charge in [0, 0.05) is 37.5 Å². The summed E-state index contributed by atoms with van der Waals surface area (Å²) in [5.41, 5.74) is 3.38. The highest BCUT2D eigenvalue weighted by molar-refractivity contribution is 7.19. The van der Waals surface area contributed by atoms with Gasteiger partial charge in [0.25, 0.3) is 0 Å². The molecule has 0 bridgehead atoms. The number of fused-ring (bicyclic) bond motifs is 3. The number of thiophene rings is 1. The summed E-state index contributed by atoms with van der Waals surface area (Å²) >= 11 is 1.85. The molecule has 1 saturated heterocycles. The number of aromatic nitrogens is 2. The molecule has 0 unspecified atom stereocenters. The van der Waals surface area contributed by atoms with Crippen LogP contribution in [0.4, 0.5) is 15.9 Å². The zero-order valence-corrected chi connectivity index (χ0v) is 18.7. The molecule has 32 heavy (non-hydrogen) atoms. The Kier molecular flexibility index (Phi) is 5.02. The molecule has 1 aliphatic carbocycles. The van der Waals surface area contributed by atoms with Crippen molar-refractivity contribution in [1.29, 1.82) is 0 Å². The van der Waals surface area contributed by atoms with E-state index in [4.69, 9.17) is 9.97 Å². The van der Waals surface area contributed by atoms with E-state index in [-0.39, 0.29) is 5.82 Å². The van der Waals surface area contributed by atoms with Crippen LogP contribution < -0.4 is 9.80 Å². The van der Waals surface area contributed by atoms with Crippen molar-refractivity contribution in [3.05, 3.63) is 82.2 Å². The number of piperazine rings is 1. The average Bonchev–Trinajstić information content (AvgIpc) is 3.41. The Balaban J connectivity index is 1.34. The van der Waals surface area contributed by atoms with E-state index in [2.05, 4.69) is 34.1 Å². The van der Waals surface area contributed by atoms with Gasteiger partial charge in [0.2, 0.25) is 0 Å². The lowest BCUT2D eigenvalue weighted by atomic mass is 10.1. The summed E-state index contributed by atoms with van der Waals surface area (Å²) in [6.07, 6.45) is 4.24. The standard InChI is InChI=1S/C26H25FN4S/c27-20-10-4-5-11-21(20)30-13-15-31(16-14-30)25-24-19-9-6-12-22(19)32-26(24)29-23(28-25)17-18-7-2-1-3-8-18/h1-5,7-8,10-11H,6,9,12-17H2. The van der Waals surface area contributed by atoms with Crippen LogP contribution in [0.15, 0.2) is 54.6 Å². The minimum Gasteiger partial charge on any atom is -0.366 e. The van der Waals surface area contributed by atoms with Crippen molar-refractivity contribution in [1.82, 2.24) is 9.97 Å². The number of hydrogen-bond acceptors (Lipinski definition) is 5. The summed E-state index contributed by atoms with van der Waals surface area (Å²) in [6, 6.07) is 17.5. The lowest BCUT2D eigenvalue weighted by Crippen LogP contribution is -2.47. The van der Waals surface area contributed by atoms with Crippen molar-refractivity contribution in [3.63, 3.8) is 0 Å². The van der Waals surface area contributed by atoms with E-state index in [0.717, 1.165) is 61.9 Å². The SMILES string of the molecule is Fc1ccccc1N1CCN(c2nc(Cc3ccccc3)nc3sc4c(c23)CCC4)CC1. The molecule has 0 saturated carbocycles. The van der Waals surface area contributed by atoms with E-state index >= 15 is 0 Å². The number of halogens is 1. The molecule has 2 aromatic heterocycles. The first-order valence-electron chi connectivity index (χ1n) is 11.4. The summed E-state index contributed by atoms with van der Waals surface area (Å²) in [5, 5.41) is 1.26. The van der Waals surface area contributed by atoms with Crippen LogP contribution >= 0.6 is 11.3 Å². The summed E-state index contributed by atoms with van der Waals surface area (Å²) in [6.45, 7) is 3.23. The quantitative estimate of drug-likeness (QED) is 0.431. The van der Waals surface area contributed by atoms with Gasteiger partial charge in [-0.1, -0.05) is 42.5 Å². The Hall–Kier alpha value is -2.99. The first-order chi connectivity index (χ1) is 15.8. The molecule has 0 spiro atoms. The van der Waals surface area contributed by atoms with Gasteiger partial charge in [0.15, 0.2) is 0 Å². The monoisotopic (exact) mass is 444 g/mol. The first kappa shape index (κ1) is 19.7. The fourth-order valence-corrected chi connectivity index (χ4v) is 6.25. The van der Waals surface area contributed by atoms with Gasteiger partial charge in [-0.15, -0.1) is 11.3 Å². The minimum absolute atomic E-state index is 0.147. The van der Waals surface area contributed by atoms with Crippen molar-refractivity contribution < 1.29 is 4.39 Å². The largest absolute Gasteiger partial charge is 0.366 e. The third kappa shape index (κ3) is 3.52. The maximum Gasteiger partial charge on any atom is 0.146 e. The molecule has 1 fully saturated rings. The van der Waals surface area contributed by atoms with E-state index < -0.39 is 0 Å². The van der Waals surface area contributed by atoms with Crippen molar-refractivity contribution in [2.45, 2.75) is 25.7 Å². The van der Waals surface area contributed by atoms with Crippen molar-refractivity contribution in [2.75, 3.05) is 36.0 Å². The number of para-hydroxylation sites is 1. The minimum atomic E-state index is -0.147. The van der Waals surface area contributed by atoms with E-state index in [9.17, 15) is 4.39 Å². The molecule has 2 aliphatic rings. The summed E-state index contributed by atoms with van der Waals surface area (Å²) in [5.74, 6) is 1.81. The van der Waals surface area contributed by atoms with Crippen LogP contribution in [0, 0.1) is 5.82 Å². The van der Waals surface area contributed by atoms with E-state index in [1.165, 1.54) is 27.8 Å². The molecule has 4 aromatic rings. The van der Waals surface area contributed by atoms with Crippen LogP contribution in [0.2, 0.25) is 0 Å². The van der Waals surface area contributed by atoms with Crippen LogP contribution in [-0.2, 0) is 19.3 Å². The lowest BCUT2D eigenvalue weighted by Gasteiger charge is -2.37. The van der Waals surface area contributed by atoms with Crippen LogP contribution in [0.1, 0.15) is 28.2 Å². The molecule has 0 radical (unpaired) electrons. The number of hydrogen-bond donors (Lipinski definition) is 0. The Morgan fingerprint density at radius 3 is 2.41 bits per heavy atom. The second-order valence-electron chi connectivity index (χ2n) is 8.59. The highest BCUT2D eigenvalue weighted by atomic mass is 32.1. The second-order valence-corrected chi connectivity index (χ2v) is 9.67. The summed E-state index contributed by atoms with van der Waals surface area (Å²) in [4.78, 5) is 17.2. The topological polar surface area (TPSA) is 32.3 Å². The molecule has 0 atom stereocenters. The molecular formula is C26H25FN4S. The number of anilines is 2. The number of benzene rings is 2. The van der Waals surface area contributed by atoms with Gasteiger partial charge in [-0.05, 0) is 42.5 Å². The highest BCUT2D eigenvalue weighted by Crippen LogP contribution is 2.41. The molecule has 2 aromatic carbocycles. The fraction of sp³-hybridized carbons (Fsp3) is 0.308. The molecule has 0 amide bonds. The Morgan fingerprint density at radius 2 is 1.59 bits per heavy atom. The maximum absolute atomic E-state index is 14.3. The fourth-order valence-electron chi connectivity index (χ4n) is 4.97. The van der Waals surface area contributed by atoms with Crippen molar-refractivity contribution in [2.24, 2.45) is 0 Å². The Labute approximate surface area is 191 Å². The molecule has 3 heterocycles. The molecule has 4 nitrogen and oxygen atoms in total. The van der Waals surface area contributed by atoms with Gasteiger partial charge in [0.1, 0.15) is 22.3 Å². The number of rotatable bonds is 4. The Morgan fingerprint density at radius 1 is 0.844 bits per heavy atom. The van der Waals surface area contributed by atoms with Crippen LogP contribution in [0.3, 0.4) is 0 Å². The summed E-state index contributed by atoms with van der Waals surface area (Å²) in [7, 11) is 0. The lowest BCUT2D eigenvalue weighted by molar-refractivity contribution is 0.596. The maximum atomic E-state index is 14.3. The van der Waals surface area contributed by atoms with Gasteiger partial charge in [0.05, 0.1) is 11.1 Å². The molecular weight excluding hydrogens is 419 g/mol. The van der Waals surface area contributed by atoms with Gasteiger partial charge in [-0.25, -0.2) is 14.4 Å². The summed E-state index contributed by atoms with van der Waals surface area (Å²) < 4.78 is 14.3. The third-order valence-electron chi connectivity index (χ3n) is 6.57. The number of aryl methyl sites for hydroxylation is 2. The average molecular weight is 445 g/mol. The molecule has 162 valence electrons. The van der Waals surface area contributed by atoms with Gasteiger partial charge < -0.3 is 9.80 Å². The van der Waals surface area contributed by atoms with Crippen LogP contribution in [-0.4, -0.2) is 36.1 Å². The normalized spacial score (nSPS) is 16.0. The highest BCUT2D eigenvalue weighted by Gasteiger charge is 2.27. The van der Waals surface area contributed by atoms with Crippen molar-refractivity contribution >= 4 is 33.1 Å². The molecule has 1 aliphatic heterocycles. The van der Waals surface area contributed by atoms with Crippen LogP contribution in [0.25, 0.3) is 10.2 Å². The predicted octanol–water partition coefficient (Wildman–Crippen LogP) is 5.24. The Bertz CT molecular complexity index is 1260. The molecule has 6 rings (SSSR count). The third-order valence-corrected chi connectivity index (χ3v) is 7.75. The van der Waals surface area contributed by atoms with E-state index in [1.807, 2.05) is 29.5 Å². The number of nitrogens with zero attached hydrogens (tertiary/aromatic N) is 4.